The molecule has 1 N–H and O–H groups in total. The Morgan fingerprint density at radius 1 is 1.42 bits per heavy atom. The summed E-state index contributed by atoms with van der Waals surface area (Å²) in [6.45, 7) is 4.43. The highest BCUT2D eigenvalue weighted by Crippen LogP contribution is 2.41. The summed E-state index contributed by atoms with van der Waals surface area (Å²) in [5, 5.41) is 9.62. The molecule has 2 rings (SSSR count). The van der Waals surface area contributed by atoms with Gasteiger partial charge in [-0.3, -0.25) is 0 Å². The minimum absolute atomic E-state index is 0.0903. The second-order valence-electron chi connectivity index (χ2n) is 4.38. The predicted molar refractivity (Wildman–Crippen MR) is 43.7 cm³/mol. The minimum atomic E-state index is -0.448. The van der Waals surface area contributed by atoms with Gasteiger partial charge in [-0.05, 0) is 26.7 Å². The largest absolute Gasteiger partial charge is 0.390 e. The van der Waals surface area contributed by atoms with Crippen LogP contribution in [0.1, 0.15) is 33.1 Å². The van der Waals surface area contributed by atoms with Crippen LogP contribution < -0.4 is 0 Å². The maximum absolute atomic E-state index is 9.62. The van der Waals surface area contributed by atoms with Crippen molar-refractivity contribution in [3.8, 4) is 0 Å². The Balaban J connectivity index is 1.84. The first-order valence-electron chi connectivity index (χ1n) is 4.53. The van der Waals surface area contributed by atoms with Crippen LogP contribution in [0.3, 0.4) is 0 Å². The predicted octanol–water partition coefficient (Wildman–Crippen LogP) is 1.05. The lowest BCUT2D eigenvalue weighted by Crippen LogP contribution is -2.24. The van der Waals surface area contributed by atoms with Crippen LogP contribution in [0.15, 0.2) is 0 Å². The minimum Gasteiger partial charge on any atom is -0.390 e. The number of hydrogen-bond donors (Lipinski definition) is 1. The lowest BCUT2D eigenvalue weighted by molar-refractivity contribution is -0.142. The highest BCUT2D eigenvalue weighted by Gasteiger charge is 2.45. The van der Waals surface area contributed by atoms with Crippen LogP contribution in [0.25, 0.3) is 0 Å². The molecule has 0 bridgehead atoms. The van der Waals surface area contributed by atoms with Crippen molar-refractivity contribution >= 4 is 0 Å². The Morgan fingerprint density at radius 3 is 2.50 bits per heavy atom. The van der Waals surface area contributed by atoms with Gasteiger partial charge in [0.15, 0.2) is 5.79 Å². The van der Waals surface area contributed by atoms with Crippen molar-refractivity contribution in [1.29, 1.82) is 0 Å². The summed E-state index contributed by atoms with van der Waals surface area (Å²) < 4.78 is 11.0. The molecule has 12 heavy (non-hydrogen) atoms. The van der Waals surface area contributed by atoms with Crippen molar-refractivity contribution in [2.24, 2.45) is 0 Å². The zero-order chi connectivity index (χ0) is 8.82. The summed E-state index contributed by atoms with van der Waals surface area (Å²) in [6, 6.07) is 0. The van der Waals surface area contributed by atoms with Gasteiger partial charge in [0.1, 0.15) is 0 Å². The highest BCUT2D eigenvalue weighted by atomic mass is 16.7. The van der Waals surface area contributed by atoms with E-state index >= 15 is 0 Å². The quantitative estimate of drug-likeness (QED) is 0.676. The molecule has 0 amide bonds. The molecule has 0 aromatic carbocycles. The van der Waals surface area contributed by atoms with Crippen LogP contribution in [0.2, 0.25) is 0 Å². The van der Waals surface area contributed by atoms with Crippen LogP contribution in [0.5, 0.6) is 0 Å². The van der Waals surface area contributed by atoms with E-state index in [-0.39, 0.29) is 6.10 Å². The Kier molecular flexibility index (Phi) is 1.72. The standard InChI is InChI=1S/C9H16O3/c1-8(2)11-6-7(12-8)5-9(10)3-4-9/h7,10H,3-6H2,1-2H3/t7-/m1/s1. The van der Waals surface area contributed by atoms with Gasteiger partial charge >= 0.3 is 0 Å². The van der Waals surface area contributed by atoms with Crippen LogP contribution in [-0.2, 0) is 9.47 Å². The van der Waals surface area contributed by atoms with E-state index in [0.717, 1.165) is 19.3 Å². The lowest BCUT2D eigenvalue weighted by Gasteiger charge is -2.18. The van der Waals surface area contributed by atoms with Crippen molar-refractivity contribution in [2.75, 3.05) is 6.61 Å². The van der Waals surface area contributed by atoms with Gasteiger partial charge < -0.3 is 14.6 Å². The van der Waals surface area contributed by atoms with E-state index in [0.29, 0.717) is 6.61 Å². The molecule has 0 unspecified atom stereocenters. The smallest absolute Gasteiger partial charge is 0.163 e. The van der Waals surface area contributed by atoms with E-state index in [9.17, 15) is 5.11 Å². The molecule has 0 aromatic heterocycles. The van der Waals surface area contributed by atoms with Gasteiger partial charge in [0.25, 0.3) is 0 Å². The number of rotatable bonds is 2. The fraction of sp³-hybridized carbons (Fsp3) is 1.00. The number of hydrogen-bond acceptors (Lipinski definition) is 3. The van der Waals surface area contributed by atoms with E-state index in [4.69, 9.17) is 9.47 Å². The van der Waals surface area contributed by atoms with Gasteiger partial charge in [-0.2, -0.15) is 0 Å². The third-order valence-corrected chi connectivity index (χ3v) is 2.50. The zero-order valence-corrected chi connectivity index (χ0v) is 7.67. The lowest BCUT2D eigenvalue weighted by atomic mass is 10.1. The molecular weight excluding hydrogens is 156 g/mol. The van der Waals surface area contributed by atoms with Gasteiger partial charge in [0, 0.05) is 6.42 Å². The summed E-state index contributed by atoms with van der Waals surface area (Å²) in [5.41, 5.74) is -0.422. The van der Waals surface area contributed by atoms with Crippen LogP contribution in [0.4, 0.5) is 0 Å². The van der Waals surface area contributed by atoms with Crippen LogP contribution in [0, 0.1) is 0 Å². The Hall–Kier alpha value is -0.120. The van der Waals surface area contributed by atoms with Gasteiger partial charge in [-0.15, -0.1) is 0 Å². The normalized spacial score (nSPS) is 36.8. The molecule has 3 nitrogen and oxygen atoms in total. The van der Waals surface area contributed by atoms with Gasteiger partial charge in [0.2, 0.25) is 0 Å². The summed E-state index contributed by atoms with van der Waals surface area (Å²) in [4.78, 5) is 0. The molecule has 2 fully saturated rings. The third kappa shape index (κ3) is 1.79. The van der Waals surface area contributed by atoms with Gasteiger partial charge in [-0.1, -0.05) is 0 Å². The molecule has 70 valence electrons. The average Bonchev–Trinajstić information content (AvgIpc) is 2.53. The first kappa shape index (κ1) is 8.48. The monoisotopic (exact) mass is 172 g/mol. The van der Waals surface area contributed by atoms with E-state index in [1.165, 1.54) is 0 Å². The average molecular weight is 172 g/mol. The number of aliphatic hydroxyl groups is 1. The van der Waals surface area contributed by atoms with E-state index in [2.05, 4.69) is 0 Å². The molecule has 3 heteroatoms. The summed E-state index contributed by atoms with van der Waals surface area (Å²) >= 11 is 0. The molecule has 0 radical (unpaired) electrons. The van der Waals surface area contributed by atoms with Crippen molar-refractivity contribution in [1.82, 2.24) is 0 Å². The van der Waals surface area contributed by atoms with E-state index in [1.807, 2.05) is 13.8 Å². The van der Waals surface area contributed by atoms with Gasteiger partial charge in [0.05, 0.1) is 18.3 Å². The van der Waals surface area contributed by atoms with Crippen LogP contribution >= 0.6 is 0 Å². The molecule has 0 aromatic rings. The second kappa shape index (κ2) is 2.44. The van der Waals surface area contributed by atoms with Gasteiger partial charge in [-0.25, -0.2) is 0 Å². The molecular formula is C9H16O3. The zero-order valence-electron chi connectivity index (χ0n) is 7.67. The Bertz CT molecular complexity index is 184. The SMILES string of the molecule is CC1(C)OC[C@@H](CC2(O)CC2)O1. The Labute approximate surface area is 72.7 Å². The third-order valence-electron chi connectivity index (χ3n) is 2.50. The van der Waals surface area contributed by atoms with E-state index < -0.39 is 11.4 Å². The number of ether oxygens (including phenoxy) is 2. The van der Waals surface area contributed by atoms with Crippen LogP contribution in [-0.4, -0.2) is 29.2 Å². The molecule has 1 saturated carbocycles. The first-order chi connectivity index (χ1) is 5.49. The topological polar surface area (TPSA) is 38.7 Å². The molecule has 0 spiro atoms. The molecule has 1 aliphatic carbocycles. The van der Waals surface area contributed by atoms with Crippen molar-refractivity contribution in [2.45, 2.75) is 50.6 Å². The molecule has 1 heterocycles. The maximum atomic E-state index is 9.62. The molecule has 1 aliphatic heterocycles. The van der Waals surface area contributed by atoms with Crippen molar-refractivity contribution in [3.05, 3.63) is 0 Å². The molecule has 2 aliphatic rings. The summed E-state index contributed by atoms with van der Waals surface area (Å²) in [7, 11) is 0. The summed E-state index contributed by atoms with van der Waals surface area (Å²) in [6.07, 6.45) is 2.67. The maximum Gasteiger partial charge on any atom is 0.163 e. The fourth-order valence-electron chi connectivity index (χ4n) is 1.64. The second-order valence-corrected chi connectivity index (χ2v) is 4.38. The van der Waals surface area contributed by atoms with Crippen molar-refractivity contribution in [3.63, 3.8) is 0 Å². The Morgan fingerprint density at radius 2 is 2.08 bits per heavy atom. The first-order valence-corrected chi connectivity index (χ1v) is 4.53. The van der Waals surface area contributed by atoms with E-state index in [1.54, 1.807) is 0 Å². The fourth-order valence-corrected chi connectivity index (χ4v) is 1.64. The molecule has 1 saturated heterocycles. The highest BCUT2D eigenvalue weighted by molar-refractivity contribution is 4.96. The summed E-state index contributed by atoms with van der Waals surface area (Å²) in [5.74, 6) is -0.448. The molecule has 1 atom stereocenters. The van der Waals surface area contributed by atoms with Crippen molar-refractivity contribution < 1.29 is 14.6 Å².